The van der Waals surface area contributed by atoms with E-state index in [-0.39, 0.29) is 6.10 Å². The number of fused-ring (bicyclic) bond motifs is 1. The molecule has 1 saturated carbocycles. The van der Waals surface area contributed by atoms with Gasteiger partial charge in [0.25, 0.3) is 0 Å². The number of ether oxygens (including phenoxy) is 1. The summed E-state index contributed by atoms with van der Waals surface area (Å²) in [5.74, 6) is 2.05. The summed E-state index contributed by atoms with van der Waals surface area (Å²) in [6.07, 6.45) is 4.62. The molecule has 0 aliphatic heterocycles. The van der Waals surface area contributed by atoms with Crippen LogP contribution >= 0.6 is 11.3 Å². The molecular weight excluding hydrogens is 502 g/mol. The summed E-state index contributed by atoms with van der Waals surface area (Å²) in [5.41, 5.74) is 5.46. The minimum Gasteiger partial charge on any atom is -0.490 e. The predicted molar refractivity (Wildman–Crippen MR) is 165 cm³/mol. The Kier molecular flexibility index (Phi) is 15.3. The average molecular weight is 550 g/mol. The minimum atomic E-state index is 0.0265. The number of nitrogens with zero attached hydrogens (tertiary/aromatic N) is 3. The van der Waals surface area contributed by atoms with Gasteiger partial charge in [-0.15, -0.1) is 10.2 Å². The Hall–Kier alpha value is -3.04. The highest BCUT2D eigenvalue weighted by atomic mass is 32.1. The molecule has 1 unspecified atom stereocenters. The topological polar surface area (TPSA) is 75.9 Å². The third-order valence-electron chi connectivity index (χ3n) is 6.09. The standard InChI is InChI=1S/C22H21N3OS.C5H8O.3C2H6/c1-13(2)26-20-10-8-15(11-16(20)12-23)21-24-25-22(27-21)19-6-4-5-17-14(3)7-9-18(17)19;1-4(6)5-2-3-5;3*1-2/h4-6,8,10-11,13-14H,7,9H2,1-3H3;5H,2-3H2,1H3;3*1-2H3. The highest BCUT2D eigenvalue weighted by molar-refractivity contribution is 7.17. The Labute approximate surface area is 240 Å². The Morgan fingerprint density at radius 1 is 1.00 bits per heavy atom. The van der Waals surface area contributed by atoms with Crippen LogP contribution in [0.3, 0.4) is 0 Å². The first-order chi connectivity index (χ1) is 18.9. The molecule has 0 spiro atoms. The zero-order valence-electron chi connectivity index (χ0n) is 25.6. The first-order valence-electron chi connectivity index (χ1n) is 14.5. The number of carbonyl (C=O) groups excluding carboxylic acids is 1. The fourth-order valence-corrected chi connectivity index (χ4v) is 5.00. The molecule has 39 heavy (non-hydrogen) atoms. The lowest BCUT2D eigenvalue weighted by atomic mass is 10.0. The van der Waals surface area contributed by atoms with Crippen LogP contribution in [0.1, 0.15) is 111 Å². The molecule has 212 valence electrons. The summed E-state index contributed by atoms with van der Waals surface area (Å²) in [6.45, 7) is 19.8. The largest absolute Gasteiger partial charge is 0.490 e. The predicted octanol–water partition coefficient (Wildman–Crippen LogP) is 9.64. The highest BCUT2D eigenvalue weighted by Crippen LogP contribution is 2.40. The number of Topliss-reactive ketones (excluding diaryl/α,β-unsaturated/α-hetero) is 1. The van der Waals surface area contributed by atoms with Crippen molar-refractivity contribution in [1.29, 1.82) is 5.26 Å². The van der Waals surface area contributed by atoms with E-state index < -0.39 is 0 Å². The van der Waals surface area contributed by atoms with E-state index in [1.165, 1.54) is 23.1 Å². The summed E-state index contributed by atoms with van der Waals surface area (Å²) in [7, 11) is 0. The molecule has 1 aromatic heterocycles. The molecule has 3 aromatic rings. The van der Waals surface area contributed by atoms with Gasteiger partial charge in [-0.05, 0) is 81.7 Å². The van der Waals surface area contributed by atoms with Crippen LogP contribution in [0.5, 0.6) is 5.75 Å². The van der Waals surface area contributed by atoms with Crippen molar-refractivity contribution in [2.45, 2.75) is 107 Å². The van der Waals surface area contributed by atoms with Crippen LogP contribution in [0.4, 0.5) is 0 Å². The summed E-state index contributed by atoms with van der Waals surface area (Å²) < 4.78 is 5.71. The maximum Gasteiger partial charge on any atom is 0.148 e. The Bertz CT molecular complexity index is 1210. The molecule has 1 heterocycles. The van der Waals surface area contributed by atoms with Crippen LogP contribution in [-0.2, 0) is 11.2 Å². The van der Waals surface area contributed by atoms with Crippen LogP contribution in [0, 0.1) is 17.2 Å². The zero-order chi connectivity index (χ0) is 29.5. The van der Waals surface area contributed by atoms with Gasteiger partial charge in [0.1, 0.15) is 27.6 Å². The lowest BCUT2D eigenvalue weighted by Gasteiger charge is -2.11. The van der Waals surface area contributed by atoms with E-state index in [0.717, 1.165) is 34.8 Å². The third-order valence-corrected chi connectivity index (χ3v) is 7.09. The Balaban J connectivity index is 0.000000539. The number of hydrogen-bond acceptors (Lipinski definition) is 6. The van der Waals surface area contributed by atoms with Crippen molar-refractivity contribution < 1.29 is 9.53 Å². The minimum absolute atomic E-state index is 0.0265. The zero-order valence-corrected chi connectivity index (χ0v) is 26.4. The lowest BCUT2D eigenvalue weighted by molar-refractivity contribution is -0.118. The molecule has 1 fully saturated rings. The molecule has 5 rings (SSSR count). The van der Waals surface area contributed by atoms with Gasteiger partial charge in [-0.3, -0.25) is 4.79 Å². The molecule has 0 N–H and O–H groups in total. The van der Waals surface area contributed by atoms with Gasteiger partial charge in [-0.2, -0.15) is 5.26 Å². The van der Waals surface area contributed by atoms with Gasteiger partial charge in [0.2, 0.25) is 0 Å². The average Bonchev–Trinajstić information content (AvgIpc) is 3.61. The molecule has 2 aliphatic carbocycles. The molecule has 5 nitrogen and oxygen atoms in total. The van der Waals surface area contributed by atoms with Gasteiger partial charge >= 0.3 is 0 Å². The van der Waals surface area contributed by atoms with Gasteiger partial charge in [-0.1, -0.05) is 78.0 Å². The fraction of sp³-hybridized carbons (Fsp3) is 0.515. The van der Waals surface area contributed by atoms with Crippen molar-refractivity contribution >= 4 is 17.1 Å². The van der Waals surface area contributed by atoms with Crippen molar-refractivity contribution in [3.8, 4) is 33.0 Å². The quantitative estimate of drug-likeness (QED) is 0.317. The first-order valence-corrected chi connectivity index (χ1v) is 15.4. The number of aromatic nitrogens is 2. The lowest BCUT2D eigenvalue weighted by Crippen LogP contribution is -2.06. The number of ketones is 1. The maximum atomic E-state index is 10.2. The molecule has 0 amide bonds. The number of carbonyl (C=O) groups is 1. The molecule has 2 aliphatic rings. The summed E-state index contributed by atoms with van der Waals surface area (Å²) in [4.78, 5) is 10.2. The Morgan fingerprint density at radius 2 is 1.64 bits per heavy atom. The van der Waals surface area contributed by atoms with Gasteiger partial charge in [0, 0.05) is 17.0 Å². The normalized spacial score (nSPS) is 14.5. The smallest absolute Gasteiger partial charge is 0.148 e. The van der Waals surface area contributed by atoms with Crippen molar-refractivity contribution in [2.24, 2.45) is 5.92 Å². The van der Waals surface area contributed by atoms with Crippen molar-refractivity contribution in [2.75, 3.05) is 0 Å². The van der Waals surface area contributed by atoms with Crippen molar-refractivity contribution in [3.63, 3.8) is 0 Å². The molecule has 1 atom stereocenters. The second-order valence-electron chi connectivity index (χ2n) is 9.10. The summed E-state index contributed by atoms with van der Waals surface area (Å²) >= 11 is 1.57. The second kappa shape index (κ2) is 17.5. The Morgan fingerprint density at radius 3 is 2.18 bits per heavy atom. The van der Waals surface area contributed by atoms with Gasteiger partial charge in [-0.25, -0.2) is 0 Å². The van der Waals surface area contributed by atoms with E-state index in [4.69, 9.17) is 4.74 Å². The fourth-order valence-electron chi connectivity index (χ4n) is 4.11. The number of rotatable bonds is 5. The van der Waals surface area contributed by atoms with E-state index in [2.05, 4.69) is 41.4 Å². The maximum absolute atomic E-state index is 10.2. The summed E-state index contributed by atoms with van der Waals surface area (Å²) in [6, 6.07) is 14.3. The number of nitriles is 1. The van der Waals surface area contributed by atoms with Gasteiger partial charge in [0.05, 0.1) is 11.7 Å². The van der Waals surface area contributed by atoms with Crippen molar-refractivity contribution in [3.05, 3.63) is 53.1 Å². The highest BCUT2D eigenvalue weighted by Gasteiger charge is 2.25. The summed E-state index contributed by atoms with van der Waals surface area (Å²) in [5, 5.41) is 20.1. The molecule has 0 bridgehead atoms. The molecule has 2 aromatic carbocycles. The van der Waals surface area contributed by atoms with E-state index in [1.807, 2.05) is 73.6 Å². The van der Waals surface area contributed by atoms with E-state index >= 15 is 0 Å². The van der Waals surface area contributed by atoms with E-state index in [0.29, 0.717) is 28.9 Å². The second-order valence-corrected chi connectivity index (χ2v) is 10.1. The van der Waals surface area contributed by atoms with E-state index in [1.54, 1.807) is 18.3 Å². The van der Waals surface area contributed by atoms with Crippen LogP contribution < -0.4 is 4.74 Å². The number of benzene rings is 2. The molecule has 6 heteroatoms. The van der Waals surface area contributed by atoms with Gasteiger partial charge < -0.3 is 4.74 Å². The first kappa shape index (κ1) is 34.0. The third kappa shape index (κ3) is 9.58. The molecule has 0 saturated heterocycles. The van der Waals surface area contributed by atoms with Crippen molar-refractivity contribution in [1.82, 2.24) is 10.2 Å². The van der Waals surface area contributed by atoms with E-state index in [9.17, 15) is 10.1 Å². The van der Waals surface area contributed by atoms with Crippen LogP contribution in [0.2, 0.25) is 0 Å². The van der Waals surface area contributed by atoms with Crippen LogP contribution in [0.15, 0.2) is 36.4 Å². The SMILES string of the molecule is CC.CC.CC.CC(=O)C1CC1.CC(C)Oc1ccc(-c2nnc(-c3cccc4c3CCC4C)s2)cc1C#N. The molecular formula is C33H47N3O2S. The van der Waals surface area contributed by atoms with Crippen LogP contribution in [0.25, 0.3) is 21.1 Å². The van der Waals surface area contributed by atoms with Crippen LogP contribution in [-0.4, -0.2) is 22.1 Å². The monoisotopic (exact) mass is 549 g/mol. The number of hydrogen-bond donors (Lipinski definition) is 0. The molecule has 0 radical (unpaired) electrons. The van der Waals surface area contributed by atoms with Gasteiger partial charge in [0.15, 0.2) is 0 Å².